The second-order valence-electron chi connectivity index (χ2n) is 4.73. The summed E-state index contributed by atoms with van der Waals surface area (Å²) < 4.78 is 32.8. The Labute approximate surface area is 133 Å². The molecule has 1 heterocycles. The zero-order chi connectivity index (χ0) is 16.9. The lowest BCUT2D eigenvalue weighted by molar-refractivity contribution is -0.124. The third-order valence-corrected chi connectivity index (χ3v) is 3.98. The van der Waals surface area contributed by atoms with Crippen LogP contribution in [0.5, 0.6) is 0 Å². The van der Waals surface area contributed by atoms with Gasteiger partial charge in [0.05, 0.1) is 23.3 Å². The van der Waals surface area contributed by atoms with E-state index in [9.17, 15) is 18.0 Å². The third kappa shape index (κ3) is 4.96. The maximum absolute atomic E-state index is 11.8. The van der Waals surface area contributed by atoms with E-state index in [2.05, 4.69) is 5.32 Å². The van der Waals surface area contributed by atoms with Gasteiger partial charge in [0.25, 0.3) is 5.91 Å². The van der Waals surface area contributed by atoms with E-state index in [-0.39, 0.29) is 17.0 Å². The van der Waals surface area contributed by atoms with Crippen LogP contribution in [0.4, 0.5) is 0 Å². The lowest BCUT2D eigenvalue weighted by Crippen LogP contribution is -2.28. The molecule has 8 heteroatoms. The molecule has 0 saturated heterocycles. The molecule has 122 valence electrons. The van der Waals surface area contributed by atoms with Crippen LogP contribution in [0.15, 0.2) is 52.0 Å². The number of rotatable bonds is 6. The van der Waals surface area contributed by atoms with Crippen molar-refractivity contribution in [3.8, 4) is 0 Å². The fraction of sp³-hybridized carbons (Fsp3) is 0.200. The van der Waals surface area contributed by atoms with Gasteiger partial charge in [0.15, 0.2) is 16.4 Å². The smallest absolute Gasteiger partial charge is 0.338 e. The predicted octanol–water partition coefficient (Wildman–Crippen LogP) is 1.16. The molecule has 1 aromatic carbocycles. The molecule has 7 nitrogen and oxygen atoms in total. The van der Waals surface area contributed by atoms with Gasteiger partial charge in [-0.25, -0.2) is 13.2 Å². The van der Waals surface area contributed by atoms with E-state index in [1.54, 1.807) is 12.1 Å². The zero-order valence-corrected chi connectivity index (χ0v) is 13.1. The summed E-state index contributed by atoms with van der Waals surface area (Å²) in [6, 6.07) is 8.82. The first-order valence-corrected chi connectivity index (χ1v) is 8.52. The van der Waals surface area contributed by atoms with E-state index in [1.807, 2.05) is 0 Å². The molecule has 0 aliphatic rings. The highest BCUT2D eigenvalue weighted by atomic mass is 32.2. The van der Waals surface area contributed by atoms with Gasteiger partial charge >= 0.3 is 5.97 Å². The van der Waals surface area contributed by atoms with Crippen molar-refractivity contribution in [1.29, 1.82) is 0 Å². The molecule has 2 rings (SSSR count). The van der Waals surface area contributed by atoms with Crippen LogP contribution in [0.25, 0.3) is 0 Å². The predicted molar refractivity (Wildman–Crippen MR) is 80.4 cm³/mol. The van der Waals surface area contributed by atoms with E-state index in [0.29, 0.717) is 5.76 Å². The van der Waals surface area contributed by atoms with E-state index in [0.717, 1.165) is 6.26 Å². The maximum Gasteiger partial charge on any atom is 0.338 e. The number of nitrogens with one attached hydrogen (secondary N) is 1. The van der Waals surface area contributed by atoms with Crippen LogP contribution in [-0.4, -0.2) is 33.2 Å². The first-order chi connectivity index (χ1) is 10.9. The number of hydrogen-bond acceptors (Lipinski definition) is 6. The Morgan fingerprint density at radius 2 is 2.00 bits per heavy atom. The summed E-state index contributed by atoms with van der Waals surface area (Å²) >= 11 is 0. The average molecular weight is 337 g/mol. The lowest BCUT2D eigenvalue weighted by Gasteiger charge is -2.06. The Hall–Kier alpha value is -2.61. The van der Waals surface area contributed by atoms with Gasteiger partial charge in [-0.2, -0.15) is 0 Å². The van der Waals surface area contributed by atoms with Crippen molar-refractivity contribution in [2.24, 2.45) is 0 Å². The Kier molecular flexibility index (Phi) is 5.17. The van der Waals surface area contributed by atoms with Crippen LogP contribution in [0.2, 0.25) is 0 Å². The molecule has 23 heavy (non-hydrogen) atoms. The lowest BCUT2D eigenvalue weighted by atomic mass is 10.2. The molecule has 1 N–H and O–H groups in total. The summed E-state index contributed by atoms with van der Waals surface area (Å²) in [5, 5.41) is 2.52. The molecule has 0 fully saturated rings. The van der Waals surface area contributed by atoms with Crippen LogP contribution in [0, 0.1) is 0 Å². The normalized spacial score (nSPS) is 11.0. The van der Waals surface area contributed by atoms with Crippen LogP contribution in [0.3, 0.4) is 0 Å². The number of carbonyl (C=O) groups excluding carboxylic acids is 2. The van der Waals surface area contributed by atoms with Gasteiger partial charge in [-0.15, -0.1) is 0 Å². The molecule has 0 unspecified atom stereocenters. The van der Waals surface area contributed by atoms with Crippen LogP contribution >= 0.6 is 0 Å². The minimum atomic E-state index is -3.42. The molecule has 0 aliphatic carbocycles. The van der Waals surface area contributed by atoms with Crippen molar-refractivity contribution in [1.82, 2.24) is 5.32 Å². The molecule has 1 aromatic heterocycles. The molecule has 0 bridgehead atoms. The third-order valence-electron chi connectivity index (χ3n) is 2.87. The van der Waals surface area contributed by atoms with Crippen LogP contribution in [-0.2, 0) is 25.9 Å². The van der Waals surface area contributed by atoms with E-state index >= 15 is 0 Å². The first-order valence-electron chi connectivity index (χ1n) is 6.62. The van der Waals surface area contributed by atoms with Crippen LogP contribution in [0.1, 0.15) is 16.1 Å². The number of carbonyl (C=O) groups is 2. The summed E-state index contributed by atoms with van der Waals surface area (Å²) in [7, 11) is -3.42. The van der Waals surface area contributed by atoms with Crippen molar-refractivity contribution in [3.63, 3.8) is 0 Å². The summed E-state index contributed by atoms with van der Waals surface area (Å²) in [4.78, 5) is 23.4. The minimum Gasteiger partial charge on any atom is -0.467 e. The van der Waals surface area contributed by atoms with Gasteiger partial charge in [0.1, 0.15) is 5.76 Å². The van der Waals surface area contributed by atoms with Gasteiger partial charge in [-0.05, 0) is 30.3 Å². The Morgan fingerprint density at radius 1 is 1.22 bits per heavy atom. The maximum atomic E-state index is 11.8. The standard InChI is InChI=1S/C15H15NO6S/c1-23(19,20)13-6-2-4-11(8-13)15(18)22-10-14(17)16-9-12-5-3-7-21-12/h2-8H,9-10H2,1H3,(H,16,17). The fourth-order valence-electron chi connectivity index (χ4n) is 1.72. The Morgan fingerprint density at radius 3 is 2.65 bits per heavy atom. The first kappa shape index (κ1) is 16.8. The zero-order valence-electron chi connectivity index (χ0n) is 12.3. The summed E-state index contributed by atoms with van der Waals surface area (Å²) in [5.41, 5.74) is 0.0618. The Balaban J connectivity index is 1.88. The second-order valence-corrected chi connectivity index (χ2v) is 6.75. The average Bonchev–Trinajstić information content (AvgIpc) is 3.03. The molecule has 0 aliphatic heterocycles. The van der Waals surface area contributed by atoms with Crippen molar-refractivity contribution in [2.45, 2.75) is 11.4 Å². The summed E-state index contributed by atoms with van der Waals surface area (Å²) in [6.45, 7) is -0.282. The largest absolute Gasteiger partial charge is 0.467 e. The summed E-state index contributed by atoms with van der Waals surface area (Å²) in [6.07, 6.45) is 2.52. The van der Waals surface area contributed by atoms with Gasteiger partial charge < -0.3 is 14.5 Å². The second kappa shape index (κ2) is 7.10. The van der Waals surface area contributed by atoms with Gasteiger partial charge in [-0.1, -0.05) is 6.07 Å². The number of hydrogen-bond donors (Lipinski definition) is 1. The number of amides is 1. The van der Waals surface area contributed by atoms with Crippen molar-refractivity contribution in [2.75, 3.05) is 12.9 Å². The summed E-state index contributed by atoms with van der Waals surface area (Å²) in [5.74, 6) is -0.691. The molecule has 0 atom stereocenters. The van der Waals surface area contributed by atoms with Crippen molar-refractivity contribution >= 4 is 21.7 Å². The topological polar surface area (TPSA) is 103 Å². The number of benzene rings is 1. The molecule has 0 spiro atoms. The molecular weight excluding hydrogens is 322 g/mol. The van der Waals surface area contributed by atoms with E-state index < -0.39 is 28.3 Å². The molecule has 1 amide bonds. The van der Waals surface area contributed by atoms with Crippen molar-refractivity contribution < 1.29 is 27.2 Å². The van der Waals surface area contributed by atoms with Gasteiger partial charge in [0.2, 0.25) is 0 Å². The SMILES string of the molecule is CS(=O)(=O)c1cccc(C(=O)OCC(=O)NCc2ccco2)c1. The van der Waals surface area contributed by atoms with E-state index in [1.165, 1.54) is 30.5 Å². The number of esters is 1. The molecule has 0 saturated carbocycles. The van der Waals surface area contributed by atoms with Gasteiger partial charge in [-0.3, -0.25) is 4.79 Å². The minimum absolute atomic E-state index is 0.00854. The number of ether oxygens (including phenoxy) is 1. The van der Waals surface area contributed by atoms with E-state index in [4.69, 9.17) is 9.15 Å². The molecule has 2 aromatic rings. The monoisotopic (exact) mass is 337 g/mol. The Bertz CT molecular complexity index is 795. The number of furan rings is 1. The number of sulfone groups is 1. The fourth-order valence-corrected chi connectivity index (χ4v) is 2.38. The highest BCUT2D eigenvalue weighted by Gasteiger charge is 2.14. The molecule has 0 radical (unpaired) electrons. The van der Waals surface area contributed by atoms with Gasteiger partial charge in [0, 0.05) is 6.26 Å². The highest BCUT2D eigenvalue weighted by Crippen LogP contribution is 2.12. The van der Waals surface area contributed by atoms with Crippen LogP contribution < -0.4 is 5.32 Å². The highest BCUT2D eigenvalue weighted by molar-refractivity contribution is 7.90. The molecular formula is C15H15NO6S. The van der Waals surface area contributed by atoms with Crippen molar-refractivity contribution in [3.05, 3.63) is 54.0 Å². The quantitative estimate of drug-likeness (QED) is 0.793.